The van der Waals surface area contributed by atoms with Crippen LogP contribution in [0.1, 0.15) is 22.8 Å². The molecule has 0 aliphatic rings. The van der Waals surface area contributed by atoms with Gasteiger partial charge in [0.15, 0.2) is 11.5 Å². The number of nitrogens with one attached hydrogen (secondary N) is 2. The second kappa shape index (κ2) is 6.87. The largest absolute Gasteiger partial charge is 0.504 e. The number of carbonyl (C=O) groups excluding carboxylic acids is 1. The molecule has 0 atom stereocenters. The molecule has 0 bridgehead atoms. The number of aromatic amines is 1. The lowest BCUT2D eigenvalue weighted by molar-refractivity contribution is 0.0956. The van der Waals surface area contributed by atoms with Gasteiger partial charge in [-0.1, -0.05) is 12.1 Å². The highest BCUT2D eigenvalue weighted by Crippen LogP contribution is 2.26. The third kappa shape index (κ3) is 3.22. The molecule has 3 rings (SSSR count). The van der Waals surface area contributed by atoms with Gasteiger partial charge in [0.25, 0.3) is 5.91 Å². The maximum atomic E-state index is 12.3. The quantitative estimate of drug-likeness (QED) is 0.498. The van der Waals surface area contributed by atoms with E-state index in [1.807, 2.05) is 25.1 Å². The summed E-state index contributed by atoms with van der Waals surface area (Å²) in [5, 5.41) is 14.6. The first-order chi connectivity index (χ1) is 11.7. The molecule has 2 aromatic carbocycles. The van der Waals surface area contributed by atoms with E-state index in [2.05, 4.69) is 15.5 Å². The molecule has 0 spiro atoms. The van der Waals surface area contributed by atoms with Crippen LogP contribution in [0.2, 0.25) is 0 Å². The van der Waals surface area contributed by atoms with Gasteiger partial charge in [0, 0.05) is 11.6 Å². The molecule has 6 heteroatoms. The molecular formula is C18H17N3O3. The highest BCUT2D eigenvalue weighted by Gasteiger charge is 2.09. The van der Waals surface area contributed by atoms with Gasteiger partial charge in [-0.3, -0.25) is 4.79 Å². The zero-order valence-electron chi connectivity index (χ0n) is 13.1. The van der Waals surface area contributed by atoms with Crippen molar-refractivity contribution < 1.29 is 14.6 Å². The van der Waals surface area contributed by atoms with Crippen molar-refractivity contribution in [2.24, 2.45) is 5.10 Å². The molecule has 3 aromatic rings. The van der Waals surface area contributed by atoms with E-state index in [1.165, 1.54) is 12.3 Å². The lowest BCUT2D eigenvalue weighted by atomic mass is 10.1. The van der Waals surface area contributed by atoms with Crippen molar-refractivity contribution in [1.29, 1.82) is 0 Å². The number of hydrazone groups is 1. The zero-order chi connectivity index (χ0) is 16.9. The van der Waals surface area contributed by atoms with Gasteiger partial charge >= 0.3 is 0 Å². The van der Waals surface area contributed by atoms with Crippen LogP contribution in [0.25, 0.3) is 10.9 Å². The van der Waals surface area contributed by atoms with E-state index >= 15 is 0 Å². The molecular weight excluding hydrogens is 306 g/mol. The van der Waals surface area contributed by atoms with Crippen molar-refractivity contribution in [3.05, 3.63) is 59.8 Å². The highest BCUT2D eigenvalue weighted by atomic mass is 16.5. The number of ether oxygens (including phenoxy) is 1. The number of aromatic hydroxyl groups is 1. The number of phenols is 1. The molecule has 6 nitrogen and oxygen atoms in total. The number of H-pyrrole nitrogens is 1. The van der Waals surface area contributed by atoms with Crippen LogP contribution in [0.4, 0.5) is 0 Å². The maximum Gasteiger partial charge on any atom is 0.273 e. The summed E-state index contributed by atoms with van der Waals surface area (Å²) < 4.78 is 5.31. The number of benzene rings is 2. The van der Waals surface area contributed by atoms with E-state index in [0.717, 1.165) is 10.9 Å². The lowest BCUT2D eigenvalue weighted by Gasteiger charge is -2.06. The van der Waals surface area contributed by atoms with Crippen LogP contribution >= 0.6 is 0 Å². The summed E-state index contributed by atoms with van der Waals surface area (Å²) in [5.74, 6) is 0.142. The monoisotopic (exact) mass is 323 g/mol. The molecule has 0 aliphatic carbocycles. The molecule has 1 heterocycles. The van der Waals surface area contributed by atoms with Crippen molar-refractivity contribution >= 4 is 23.0 Å². The van der Waals surface area contributed by atoms with Crippen molar-refractivity contribution in [3.8, 4) is 11.5 Å². The SMILES string of the molecule is CCOc1cc(/C=N/NC(=O)c2cccc3cc[nH]c23)ccc1O. The van der Waals surface area contributed by atoms with Gasteiger partial charge in [-0.2, -0.15) is 5.10 Å². The maximum absolute atomic E-state index is 12.3. The van der Waals surface area contributed by atoms with Gasteiger partial charge in [-0.05, 0) is 42.8 Å². The number of aromatic nitrogens is 1. The van der Waals surface area contributed by atoms with E-state index in [-0.39, 0.29) is 11.7 Å². The van der Waals surface area contributed by atoms with E-state index in [4.69, 9.17) is 4.74 Å². The Hall–Kier alpha value is -3.28. The van der Waals surface area contributed by atoms with Gasteiger partial charge in [0.1, 0.15) is 0 Å². The van der Waals surface area contributed by atoms with Crippen LogP contribution in [0.15, 0.2) is 53.8 Å². The number of rotatable bonds is 5. The standard InChI is InChI=1S/C18H17N3O3/c1-2-24-16-10-12(6-7-15(16)22)11-20-21-18(23)14-5-3-4-13-8-9-19-17(13)14/h3-11,19,22H,2H2,1H3,(H,21,23)/b20-11+. The number of para-hydroxylation sites is 1. The van der Waals surface area contributed by atoms with Crippen LogP contribution in [-0.2, 0) is 0 Å². The Kier molecular flexibility index (Phi) is 4.47. The number of hydrogen-bond acceptors (Lipinski definition) is 4. The van der Waals surface area contributed by atoms with Crippen molar-refractivity contribution in [1.82, 2.24) is 10.4 Å². The number of fused-ring (bicyclic) bond motifs is 1. The van der Waals surface area contributed by atoms with Crippen LogP contribution in [0.5, 0.6) is 11.5 Å². The topological polar surface area (TPSA) is 86.7 Å². The Morgan fingerprint density at radius 3 is 3.04 bits per heavy atom. The van der Waals surface area contributed by atoms with Gasteiger partial charge in [-0.25, -0.2) is 5.43 Å². The third-order valence-corrected chi connectivity index (χ3v) is 3.50. The third-order valence-electron chi connectivity index (χ3n) is 3.50. The van der Waals surface area contributed by atoms with E-state index < -0.39 is 0 Å². The molecule has 0 radical (unpaired) electrons. The Morgan fingerprint density at radius 1 is 1.33 bits per heavy atom. The number of nitrogens with zero attached hydrogens (tertiary/aromatic N) is 1. The Bertz CT molecular complexity index is 899. The molecule has 24 heavy (non-hydrogen) atoms. The van der Waals surface area contributed by atoms with Crippen LogP contribution in [0.3, 0.4) is 0 Å². The van der Waals surface area contributed by atoms with Crippen LogP contribution < -0.4 is 10.2 Å². The zero-order valence-corrected chi connectivity index (χ0v) is 13.1. The highest BCUT2D eigenvalue weighted by molar-refractivity contribution is 6.05. The summed E-state index contributed by atoms with van der Waals surface area (Å²) >= 11 is 0. The first-order valence-corrected chi connectivity index (χ1v) is 7.54. The molecule has 0 saturated heterocycles. The fraction of sp³-hybridized carbons (Fsp3) is 0.111. The van der Waals surface area contributed by atoms with E-state index in [9.17, 15) is 9.90 Å². The Balaban J connectivity index is 1.73. The smallest absolute Gasteiger partial charge is 0.273 e. The summed E-state index contributed by atoms with van der Waals surface area (Å²) in [6.07, 6.45) is 3.28. The summed E-state index contributed by atoms with van der Waals surface area (Å²) in [6, 6.07) is 12.2. The predicted octanol–water partition coefficient (Wildman–Crippen LogP) is 3.04. The lowest BCUT2D eigenvalue weighted by Crippen LogP contribution is -2.18. The minimum absolute atomic E-state index is 0.0662. The van der Waals surface area contributed by atoms with E-state index in [1.54, 1.807) is 24.4 Å². The van der Waals surface area contributed by atoms with Gasteiger partial charge < -0.3 is 14.8 Å². The summed E-state index contributed by atoms with van der Waals surface area (Å²) in [4.78, 5) is 15.3. The van der Waals surface area contributed by atoms with Crippen LogP contribution in [-0.4, -0.2) is 28.8 Å². The molecule has 1 amide bonds. The molecule has 1 aromatic heterocycles. The number of carbonyl (C=O) groups is 1. The van der Waals surface area contributed by atoms with Gasteiger partial charge in [0.05, 0.1) is 23.9 Å². The number of hydrogen-bond donors (Lipinski definition) is 3. The molecule has 0 fully saturated rings. The Labute approximate surface area is 138 Å². The van der Waals surface area contributed by atoms with Crippen molar-refractivity contribution in [3.63, 3.8) is 0 Å². The minimum atomic E-state index is -0.303. The predicted molar refractivity (Wildman–Crippen MR) is 92.6 cm³/mol. The normalized spacial score (nSPS) is 11.0. The molecule has 0 unspecified atom stereocenters. The second-order valence-corrected chi connectivity index (χ2v) is 5.11. The average molecular weight is 323 g/mol. The van der Waals surface area contributed by atoms with Crippen molar-refractivity contribution in [2.75, 3.05) is 6.61 Å². The van der Waals surface area contributed by atoms with Crippen LogP contribution in [0, 0.1) is 0 Å². The van der Waals surface area contributed by atoms with E-state index in [0.29, 0.717) is 23.5 Å². The fourth-order valence-electron chi connectivity index (χ4n) is 2.38. The molecule has 0 aliphatic heterocycles. The summed E-state index contributed by atoms with van der Waals surface area (Å²) in [5.41, 5.74) is 4.50. The first kappa shape index (κ1) is 15.6. The Morgan fingerprint density at radius 2 is 2.21 bits per heavy atom. The summed E-state index contributed by atoms with van der Waals surface area (Å²) in [6.45, 7) is 2.28. The molecule has 0 saturated carbocycles. The number of phenolic OH excluding ortho intramolecular Hbond substituents is 1. The number of amides is 1. The molecule has 122 valence electrons. The summed E-state index contributed by atoms with van der Waals surface area (Å²) in [7, 11) is 0. The average Bonchev–Trinajstić information content (AvgIpc) is 3.06. The van der Waals surface area contributed by atoms with Gasteiger partial charge in [-0.15, -0.1) is 0 Å². The van der Waals surface area contributed by atoms with Crippen molar-refractivity contribution in [2.45, 2.75) is 6.92 Å². The second-order valence-electron chi connectivity index (χ2n) is 5.11. The molecule has 3 N–H and O–H groups in total. The fourth-order valence-corrected chi connectivity index (χ4v) is 2.38. The first-order valence-electron chi connectivity index (χ1n) is 7.54. The minimum Gasteiger partial charge on any atom is -0.504 e. The van der Waals surface area contributed by atoms with Gasteiger partial charge in [0.2, 0.25) is 0 Å².